The Labute approximate surface area is 736 Å². The molecule has 5 heteroatoms. The maximum absolute atomic E-state index is 7.91. The SMILES string of the molecule is CC(C)(C)[Si](c1ccccc1)(c1ccccc1)c1cccc2c1sc1ccccc12.CC(C)(C)c1ccc([Si](c2ccccc2)(c2ccccc2)c2cccc3c2sc2ccccc23)cc1.CC(C)(C)c1ccc([Si](c2ccccc2)(c2ccccc2)c2ccccc2)cc1.CC(C)(C)c1ccccc1.CC(C)C.[2H]c1c([2H])c(C)c([2H])c(C(C)(C)C)c1[2H]. The van der Waals surface area contributed by atoms with E-state index < -0.39 is 24.2 Å². The molecule has 0 amide bonds. The minimum atomic E-state index is -2.60. The molecule has 0 unspecified atom stereocenters. The summed E-state index contributed by atoms with van der Waals surface area (Å²) in [6.07, 6.45) is 0. The van der Waals surface area contributed by atoms with Crippen LogP contribution in [0.5, 0.6) is 0 Å². The highest BCUT2D eigenvalue weighted by atomic mass is 32.1. The van der Waals surface area contributed by atoms with Gasteiger partial charge in [-0.25, -0.2) is 0 Å². The van der Waals surface area contributed by atoms with E-state index in [-0.39, 0.29) is 45.5 Å². The van der Waals surface area contributed by atoms with E-state index in [0.717, 1.165) is 5.92 Å². The van der Waals surface area contributed by atoms with E-state index in [9.17, 15) is 0 Å². The Morgan fingerprint density at radius 2 is 0.508 bits per heavy atom. The maximum atomic E-state index is 7.91. The van der Waals surface area contributed by atoms with Crippen molar-refractivity contribution in [2.24, 2.45) is 5.92 Å². The van der Waals surface area contributed by atoms with Gasteiger partial charge in [-0.3, -0.25) is 0 Å². The van der Waals surface area contributed by atoms with Gasteiger partial charge in [0.25, 0.3) is 0 Å². The van der Waals surface area contributed by atoms with Crippen molar-refractivity contribution in [2.75, 3.05) is 0 Å². The molecule has 0 radical (unpaired) electrons. The normalized spacial score (nSPS) is 12.5. The third kappa shape index (κ3) is 19.7. The molecule has 17 rings (SSSR count). The summed E-state index contributed by atoms with van der Waals surface area (Å²) in [6.45, 7) is 41.6. The summed E-state index contributed by atoms with van der Waals surface area (Å²) in [4.78, 5) is 0. The number of thiophene rings is 2. The highest BCUT2D eigenvalue weighted by molar-refractivity contribution is 7.31. The van der Waals surface area contributed by atoms with Gasteiger partial charge in [0.05, 0.1) is 5.48 Å². The second-order valence-corrected chi connectivity index (χ2v) is 51.8. The Morgan fingerprint density at radius 1 is 0.250 bits per heavy atom. The molecule has 17 aromatic rings. The summed E-state index contributed by atoms with van der Waals surface area (Å²) in [5, 5.41) is 21.5. The third-order valence-corrected chi connectivity index (χ3v) is 41.0. The van der Waals surface area contributed by atoms with Crippen LogP contribution >= 0.6 is 22.7 Å². The Hall–Kier alpha value is -10.6. The van der Waals surface area contributed by atoms with Gasteiger partial charge < -0.3 is 0 Å². The zero-order valence-corrected chi connectivity index (χ0v) is 78.8. The molecule has 0 fully saturated rings. The Morgan fingerprint density at radius 3 is 0.833 bits per heavy atom. The molecule has 15 aromatic carbocycles. The number of fused-ring (bicyclic) bond motifs is 6. The van der Waals surface area contributed by atoms with E-state index in [2.05, 4.69) is 480 Å². The third-order valence-electron chi connectivity index (χ3n) is 22.7. The molecule has 0 aliphatic heterocycles. The lowest BCUT2D eigenvalue weighted by Gasteiger charge is -2.44. The van der Waals surface area contributed by atoms with Gasteiger partial charge in [0, 0.05) is 40.3 Å². The van der Waals surface area contributed by atoms with Crippen LogP contribution in [0.2, 0.25) is 5.04 Å². The fraction of sp³-hybridized carbons (Fsp3) is 0.217. The Kier molecular flexibility index (Phi) is 26.6. The lowest BCUT2D eigenvalue weighted by Crippen LogP contribution is -2.74. The van der Waals surface area contributed by atoms with Crippen LogP contribution in [0.15, 0.2) is 400 Å². The fourth-order valence-corrected chi connectivity index (χ4v) is 35.5. The van der Waals surface area contributed by atoms with E-state index in [1.807, 2.05) is 43.4 Å². The average molecular weight is 1660 g/mol. The van der Waals surface area contributed by atoms with Crippen LogP contribution in [0.1, 0.15) is 158 Å². The summed E-state index contributed by atoms with van der Waals surface area (Å²) in [5.74, 6) is 0.833. The molecule has 0 bridgehead atoms. The highest BCUT2D eigenvalue weighted by Gasteiger charge is 2.51. The molecular weight excluding hydrogens is 1530 g/mol. The van der Waals surface area contributed by atoms with Crippen LogP contribution in [-0.2, 0) is 21.7 Å². The van der Waals surface area contributed by atoms with Gasteiger partial charge in [-0.05, 0) is 131 Å². The van der Waals surface area contributed by atoms with Crippen molar-refractivity contribution < 1.29 is 5.48 Å². The van der Waals surface area contributed by atoms with E-state index >= 15 is 0 Å². The standard InChI is InChI=1S/C34H30SSi.C28H26SSi.C28H28Si.C11H16.C10H14.C4H10/c1-34(2,3)25-21-23-28(24-22-25)36(26-13-6-4-7-14-26,27-15-8-5-9-16-27)32-20-12-18-30-29-17-10-11-19-31(29)35-33(30)32;1-28(2,3)30(21-13-6-4-7-14-21,22-15-8-5-9-16-22)26-20-12-18-24-23-17-10-11-19-25(23)29-27(24)26;1-28(2,3)23-19-21-27(22-20-23)29(24-13-7-4-8-14-24,25-15-9-5-10-16-25)26-17-11-6-12-18-26;1-9-6-5-7-10(8-9)11(2,3)4;1-10(2,3)9-7-5-4-6-8-9;1-4(2)3/h4-24H,1-3H3;4-20H,1-3H3;4-22H,1-3H3;5-8H,1-4H3;4-8H,1-3H3;4H,1-3H3/i;;;5D,6D,7D,8D;;. The van der Waals surface area contributed by atoms with Gasteiger partial charge in [-0.1, -0.05) is 518 Å². The first-order valence-corrected chi connectivity index (χ1v) is 50.3. The van der Waals surface area contributed by atoms with Gasteiger partial charge in [-0.2, -0.15) is 0 Å². The second-order valence-electron chi connectivity index (χ2n) is 37.4. The fourth-order valence-electron chi connectivity index (χ4n) is 16.8. The summed E-state index contributed by atoms with van der Waals surface area (Å²) in [5.41, 5.74) is 5.41. The molecule has 0 nitrogen and oxygen atoms in total. The summed E-state index contributed by atoms with van der Waals surface area (Å²) in [6, 6.07) is 140. The van der Waals surface area contributed by atoms with E-state index in [4.69, 9.17) is 5.48 Å². The second kappa shape index (κ2) is 38.4. The Bertz CT molecular complexity index is 6090. The first-order chi connectivity index (χ1) is 59.1. The summed E-state index contributed by atoms with van der Waals surface area (Å²) >= 11 is 3.90. The molecule has 0 saturated carbocycles. The molecule has 0 N–H and O–H groups in total. The molecule has 0 aliphatic carbocycles. The number of rotatable bonds is 11. The minimum absolute atomic E-state index is 0.00185. The number of hydrogen-bond donors (Lipinski definition) is 0. The quantitative estimate of drug-likeness (QED) is 0.0894. The van der Waals surface area contributed by atoms with Crippen molar-refractivity contribution in [2.45, 2.75) is 158 Å². The smallest absolute Gasteiger partial charge is 0.135 e. The molecule has 0 spiro atoms. The van der Waals surface area contributed by atoms with Crippen molar-refractivity contribution >= 4 is 144 Å². The molecule has 0 atom stereocenters. The molecule has 2 aromatic heterocycles. The van der Waals surface area contributed by atoms with Crippen LogP contribution in [-0.4, -0.2) is 24.2 Å². The highest BCUT2D eigenvalue weighted by Crippen LogP contribution is 2.41. The van der Waals surface area contributed by atoms with Gasteiger partial charge >= 0.3 is 0 Å². The van der Waals surface area contributed by atoms with Crippen molar-refractivity contribution in [1.82, 2.24) is 0 Å². The predicted molar refractivity (Wildman–Crippen MR) is 543 cm³/mol. The summed E-state index contributed by atoms with van der Waals surface area (Å²) < 4.78 is 36.5. The van der Waals surface area contributed by atoms with Crippen LogP contribution < -0.4 is 57.1 Å². The van der Waals surface area contributed by atoms with Crippen LogP contribution in [0, 0.1) is 12.8 Å². The first-order valence-electron chi connectivity index (χ1n) is 44.6. The lowest BCUT2D eigenvalue weighted by molar-refractivity contribution is 0.589. The van der Waals surface area contributed by atoms with E-state index in [0.29, 0.717) is 16.5 Å². The van der Waals surface area contributed by atoms with E-state index in [1.165, 1.54) is 114 Å². The van der Waals surface area contributed by atoms with Gasteiger partial charge in [0.2, 0.25) is 0 Å². The largest absolute Gasteiger partial charge is 0.181 e. The number of benzene rings is 15. The maximum Gasteiger partial charge on any atom is 0.181 e. The molecular formula is C115H124S2Si3. The zero-order valence-electron chi connectivity index (χ0n) is 78.2. The van der Waals surface area contributed by atoms with Crippen molar-refractivity contribution in [1.29, 1.82) is 0 Å². The van der Waals surface area contributed by atoms with E-state index in [1.54, 1.807) is 6.92 Å². The van der Waals surface area contributed by atoms with Crippen molar-refractivity contribution in [3.63, 3.8) is 0 Å². The monoisotopic (exact) mass is 1660 g/mol. The van der Waals surface area contributed by atoms with Crippen molar-refractivity contribution in [3.8, 4) is 0 Å². The van der Waals surface area contributed by atoms with Gasteiger partial charge in [-0.15, -0.1) is 22.7 Å². The van der Waals surface area contributed by atoms with Crippen LogP contribution in [0.25, 0.3) is 40.3 Å². The zero-order chi connectivity index (χ0) is 89.0. The van der Waals surface area contributed by atoms with Gasteiger partial charge in [0.15, 0.2) is 24.2 Å². The summed E-state index contributed by atoms with van der Waals surface area (Å²) in [7, 11) is -7.32. The molecule has 0 saturated heterocycles. The minimum Gasteiger partial charge on any atom is -0.135 e. The van der Waals surface area contributed by atoms with Crippen molar-refractivity contribution in [3.05, 3.63) is 428 Å². The van der Waals surface area contributed by atoms with Gasteiger partial charge in [0.1, 0.15) is 0 Å². The Balaban J connectivity index is 0.000000147. The molecule has 2 heterocycles. The lowest BCUT2D eigenvalue weighted by atomic mass is 9.86. The molecule has 120 heavy (non-hydrogen) atoms. The molecule has 608 valence electrons. The first kappa shape index (κ1) is 83.1. The number of hydrogen-bond acceptors (Lipinski definition) is 2. The molecule has 0 aliphatic rings. The predicted octanol–water partition coefficient (Wildman–Crippen LogP) is 25.4. The van der Waals surface area contributed by atoms with Crippen LogP contribution in [0.3, 0.4) is 0 Å². The van der Waals surface area contributed by atoms with Crippen LogP contribution in [0.4, 0.5) is 0 Å². The average Bonchev–Trinajstić information content (AvgIpc) is 1.37. The topological polar surface area (TPSA) is 0 Å².